The third-order valence-corrected chi connectivity index (χ3v) is 8.40. The molecule has 3 fully saturated rings. The molecule has 2 saturated heterocycles. The molecule has 172 valence electrons. The van der Waals surface area contributed by atoms with E-state index in [9.17, 15) is 27.6 Å². The standard InChI is InChI=1S/C22H27N3O6S/c1-15-7-5-6-10-18(15)25-21(28)20(27)23(22(25)29)13-19(26)24(16-8-3-2-4-9-16)17-11-12-32(30,31)14-17/h2-4,8-9,15,17-18H,5-7,10-14H2,1H3/t15-,17-,18+/m1/s1. The van der Waals surface area contributed by atoms with Crippen LogP contribution in [0.1, 0.15) is 39.0 Å². The molecule has 10 heteroatoms. The highest BCUT2D eigenvalue weighted by atomic mass is 32.2. The van der Waals surface area contributed by atoms with Crippen LogP contribution in [0.25, 0.3) is 0 Å². The lowest BCUT2D eigenvalue weighted by Gasteiger charge is -2.34. The number of rotatable bonds is 5. The first-order chi connectivity index (χ1) is 15.2. The third-order valence-electron chi connectivity index (χ3n) is 6.65. The summed E-state index contributed by atoms with van der Waals surface area (Å²) in [7, 11) is -3.27. The number of hydrogen-bond donors (Lipinski definition) is 0. The molecule has 0 N–H and O–H groups in total. The van der Waals surface area contributed by atoms with Gasteiger partial charge in [-0.05, 0) is 37.3 Å². The summed E-state index contributed by atoms with van der Waals surface area (Å²) in [6.07, 6.45) is 3.67. The molecule has 0 spiro atoms. The van der Waals surface area contributed by atoms with Crippen LogP contribution in [0.5, 0.6) is 0 Å². The molecule has 3 atom stereocenters. The predicted molar refractivity (Wildman–Crippen MR) is 116 cm³/mol. The highest BCUT2D eigenvalue weighted by Gasteiger charge is 2.50. The maximum absolute atomic E-state index is 13.3. The molecule has 32 heavy (non-hydrogen) atoms. The van der Waals surface area contributed by atoms with Crippen molar-refractivity contribution in [2.24, 2.45) is 5.92 Å². The van der Waals surface area contributed by atoms with E-state index < -0.39 is 46.2 Å². The zero-order valence-corrected chi connectivity index (χ0v) is 18.8. The summed E-state index contributed by atoms with van der Waals surface area (Å²) >= 11 is 0. The fourth-order valence-corrected chi connectivity index (χ4v) is 6.67. The van der Waals surface area contributed by atoms with Crippen LogP contribution in [0.4, 0.5) is 10.5 Å². The Morgan fingerprint density at radius 1 is 1.03 bits per heavy atom. The Bertz CT molecular complexity index is 1040. The molecule has 0 aromatic heterocycles. The van der Waals surface area contributed by atoms with Gasteiger partial charge in [-0.1, -0.05) is 38.0 Å². The molecular formula is C22H27N3O6S. The minimum atomic E-state index is -3.27. The minimum Gasteiger partial charge on any atom is -0.307 e. The van der Waals surface area contributed by atoms with E-state index in [1.54, 1.807) is 30.3 Å². The van der Waals surface area contributed by atoms with Gasteiger partial charge in [0.15, 0.2) is 9.84 Å². The molecule has 3 aliphatic rings. The molecular weight excluding hydrogens is 434 g/mol. The highest BCUT2D eigenvalue weighted by molar-refractivity contribution is 7.91. The largest absolute Gasteiger partial charge is 0.334 e. The maximum atomic E-state index is 13.3. The average Bonchev–Trinajstić information content (AvgIpc) is 3.21. The van der Waals surface area contributed by atoms with Crippen LogP contribution in [0.2, 0.25) is 0 Å². The third kappa shape index (κ3) is 4.15. The molecule has 2 aliphatic heterocycles. The first-order valence-electron chi connectivity index (χ1n) is 11.0. The Balaban J connectivity index is 1.57. The minimum absolute atomic E-state index is 0.0261. The number of imide groups is 2. The molecule has 0 radical (unpaired) electrons. The van der Waals surface area contributed by atoms with Gasteiger partial charge >= 0.3 is 17.8 Å². The quantitative estimate of drug-likeness (QED) is 0.486. The van der Waals surface area contributed by atoms with Crippen molar-refractivity contribution < 1.29 is 27.6 Å². The van der Waals surface area contributed by atoms with Gasteiger partial charge in [0.25, 0.3) is 0 Å². The summed E-state index contributed by atoms with van der Waals surface area (Å²) in [6, 6.07) is 6.87. The van der Waals surface area contributed by atoms with Crippen LogP contribution in [0.3, 0.4) is 0 Å². The van der Waals surface area contributed by atoms with Crippen molar-refractivity contribution in [1.29, 1.82) is 0 Å². The van der Waals surface area contributed by atoms with Gasteiger partial charge in [-0.15, -0.1) is 0 Å². The number of anilines is 1. The fourth-order valence-electron chi connectivity index (χ4n) is 4.97. The second-order valence-corrected chi connectivity index (χ2v) is 11.1. The molecule has 1 aromatic carbocycles. The van der Waals surface area contributed by atoms with E-state index in [0.717, 1.165) is 24.2 Å². The molecule has 1 aliphatic carbocycles. The smallest absolute Gasteiger partial charge is 0.307 e. The van der Waals surface area contributed by atoms with Gasteiger partial charge in [0, 0.05) is 11.7 Å². The number of benzene rings is 1. The van der Waals surface area contributed by atoms with Crippen molar-refractivity contribution in [3.8, 4) is 0 Å². The molecule has 4 rings (SSSR count). The van der Waals surface area contributed by atoms with Crippen LogP contribution in [0, 0.1) is 5.92 Å². The lowest BCUT2D eigenvalue weighted by atomic mass is 9.85. The molecule has 1 saturated carbocycles. The Kier molecular flexibility index (Phi) is 6.07. The second kappa shape index (κ2) is 8.65. The lowest BCUT2D eigenvalue weighted by Crippen LogP contribution is -2.49. The SMILES string of the molecule is C[C@@H]1CCCC[C@@H]1N1C(=O)C(=O)N(CC(=O)N(c2ccccc2)[C@@H]2CCS(=O)(=O)C2)C1=O. The Labute approximate surface area is 187 Å². The van der Waals surface area contributed by atoms with E-state index in [4.69, 9.17) is 0 Å². The van der Waals surface area contributed by atoms with Crippen LogP contribution < -0.4 is 4.90 Å². The van der Waals surface area contributed by atoms with Gasteiger partial charge in [0.1, 0.15) is 6.54 Å². The molecule has 0 bridgehead atoms. The summed E-state index contributed by atoms with van der Waals surface area (Å²) in [5.74, 6) is -2.61. The summed E-state index contributed by atoms with van der Waals surface area (Å²) < 4.78 is 24.1. The van der Waals surface area contributed by atoms with Gasteiger partial charge in [0.05, 0.1) is 17.5 Å². The van der Waals surface area contributed by atoms with Crippen LogP contribution in [-0.4, -0.2) is 72.1 Å². The topological polar surface area (TPSA) is 112 Å². The van der Waals surface area contributed by atoms with Gasteiger partial charge in [0.2, 0.25) is 5.91 Å². The van der Waals surface area contributed by atoms with Crippen LogP contribution in [0.15, 0.2) is 30.3 Å². The number of sulfone groups is 1. The first-order valence-corrected chi connectivity index (χ1v) is 12.8. The highest BCUT2D eigenvalue weighted by Crippen LogP contribution is 2.31. The molecule has 2 heterocycles. The normalized spacial score (nSPS) is 27.8. The van der Waals surface area contributed by atoms with E-state index in [1.807, 2.05) is 6.92 Å². The van der Waals surface area contributed by atoms with Crippen molar-refractivity contribution in [2.45, 2.75) is 51.1 Å². The molecule has 1 aromatic rings. The van der Waals surface area contributed by atoms with E-state index in [1.165, 1.54) is 4.90 Å². The van der Waals surface area contributed by atoms with Gasteiger partial charge < -0.3 is 4.90 Å². The van der Waals surface area contributed by atoms with Gasteiger partial charge in [-0.3, -0.25) is 19.3 Å². The maximum Gasteiger partial charge on any atom is 0.334 e. The van der Waals surface area contributed by atoms with Crippen molar-refractivity contribution in [3.05, 3.63) is 30.3 Å². The lowest BCUT2D eigenvalue weighted by molar-refractivity contribution is -0.145. The zero-order chi connectivity index (χ0) is 23.0. The van der Waals surface area contributed by atoms with E-state index >= 15 is 0 Å². The van der Waals surface area contributed by atoms with Crippen molar-refractivity contribution in [2.75, 3.05) is 23.0 Å². The number of amides is 5. The number of carbonyl (C=O) groups is 4. The fraction of sp³-hybridized carbons (Fsp3) is 0.545. The van der Waals surface area contributed by atoms with E-state index in [0.29, 0.717) is 17.0 Å². The average molecular weight is 462 g/mol. The number of urea groups is 1. The van der Waals surface area contributed by atoms with Crippen molar-refractivity contribution in [1.82, 2.24) is 9.80 Å². The number of carbonyl (C=O) groups excluding carboxylic acids is 4. The Hall–Kier alpha value is -2.75. The van der Waals surface area contributed by atoms with Crippen molar-refractivity contribution in [3.63, 3.8) is 0 Å². The van der Waals surface area contributed by atoms with Crippen molar-refractivity contribution >= 4 is 39.3 Å². The number of para-hydroxylation sites is 1. The monoisotopic (exact) mass is 461 g/mol. The van der Waals surface area contributed by atoms with Gasteiger partial charge in [-0.2, -0.15) is 0 Å². The Morgan fingerprint density at radius 3 is 2.34 bits per heavy atom. The van der Waals surface area contributed by atoms with Crippen LogP contribution in [-0.2, 0) is 24.2 Å². The van der Waals surface area contributed by atoms with E-state index in [-0.39, 0.29) is 29.9 Å². The first kappa shape index (κ1) is 22.4. The summed E-state index contributed by atoms with van der Waals surface area (Å²) in [6.45, 7) is 1.35. The predicted octanol–water partition coefficient (Wildman–Crippen LogP) is 1.58. The summed E-state index contributed by atoms with van der Waals surface area (Å²) in [4.78, 5) is 54.7. The molecule has 0 unspecified atom stereocenters. The van der Waals surface area contributed by atoms with Crippen LogP contribution >= 0.6 is 0 Å². The second-order valence-electron chi connectivity index (χ2n) is 8.83. The molecule has 9 nitrogen and oxygen atoms in total. The number of nitrogens with zero attached hydrogens (tertiary/aromatic N) is 3. The summed E-state index contributed by atoms with van der Waals surface area (Å²) in [5.41, 5.74) is 0.489. The zero-order valence-electron chi connectivity index (χ0n) is 18.0. The number of hydrogen-bond acceptors (Lipinski definition) is 6. The van der Waals surface area contributed by atoms with Gasteiger partial charge in [-0.25, -0.2) is 18.1 Å². The molecule has 5 amide bonds. The Morgan fingerprint density at radius 2 is 1.72 bits per heavy atom. The summed E-state index contributed by atoms with van der Waals surface area (Å²) in [5, 5.41) is 0. The van der Waals surface area contributed by atoms with E-state index in [2.05, 4.69) is 0 Å².